The molecule has 1 fully saturated rings. The van der Waals surface area contributed by atoms with Gasteiger partial charge in [-0.05, 0) is 31.9 Å². The lowest BCUT2D eigenvalue weighted by molar-refractivity contribution is -0.384. The van der Waals surface area contributed by atoms with E-state index in [9.17, 15) is 14.9 Å². The summed E-state index contributed by atoms with van der Waals surface area (Å²) < 4.78 is 5.54. The molecule has 1 amide bonds. The highest BCUT2D eigenvalue weighted by Crippen LogP contribution is 2.25. The lowest BCUT2D eigenvalue weighted by Gasteiger charge is -2.24. The normalized spacial score (nSPS) is 17.7. The van der Waals surface area contributed by atoms with E-state index in [1.165, 1.54) is 18.2 Å². The second-order valence-corrected chi connectivity index (χ2v) is 5.31. The van der Waals surface area contributed by atoms with Crippen molar-refractivity contribution in [1.29, 1.82) is 0 Å². The number of halogens is 1. The molecule has 0 radical (unpaired) electrons. The van der Waals surface area contributed by atoms with Crippen molar-refractivity contribution in [3.8, 4) is 0 Å². The van der Waals surface area contributed by atoms with E-state index in [1.807, 2.05) is 6.92 Å². The number of hydrogen-bond donors (Lipinski definition) is 0. The number of nitro groups is 1. The van der Waals surface area contributed by atoms with Gasteiger partial charge in [-0.3, -0.25) is 14.9 Å². The number of hydrogen-bond acceptors (Lipinski definition) is 4. The second-order valence-electron chi connectivity index (χ2n) is 4.90. The maximum atomic E-state index is 12.4. The summed E-state index contributed by atoms with van der Waals surface area (Å²) in [6, 6.07) is 4.04. The molecule has 1 aliphatic rings. The number of benzene rings is 1. The molecule has 1 saturated heterocycles. The number of carbonyl (C=O) groups is 1. The van der Waals surface area contributed by atoms with Crippen LogP contribution in [0.4, 0.5) is 5.69 Å². The average molecular weight is 313 g/mol. The molecule has 21 heavy (non-hydrogen) atoms. The van der Waals surface area contributed by atoms with E-state index in [4.69, 9.17) is 16.3 Å². The molecule has 1 unspecified atom stereocenters. The van der Waals surface area contributed by atoms with Gasteiger partial charge < -0.3 is 9.64 Å². The van der Waals surface area contributed by atoms with Crippen LogP contribution in [0.15, 0.2) is 18.2 Å². The molecule has 0 bridgehead atoms. The SMILES string of the molecule is CCN(CC1CCCO1)C(=O)c1ccc([N+](=O)[O-])c(Cl)c1. The van der Waals surface area contributed by atoms with Gasteiger partial charge in [-0.1, -0.05) is 11.6 Å². The van der Waals surface area contributed by atoms with Crippen LogP contribution in [0.3, 0.4) is 0 Å². The molecule has 1 aromatic carbocycles. The maximum Gasteiger partial charge on any atom is 0.287 e. The molecule has 0 saturated carbocycles. The first-order valence-corrected chi connectivity index (χ1v) is 7.25. The van der Waals surface area contributed by atoms with E-state index >= 15 is 0 Å². The summed E-state index contributed by atoms with van der Waals surface area (Å²) >= 11 is 5.85. The molecule has 0 aromatic heterocycles. The molecule has 0 spiro atoms. The van der Waals surface area contributed by atoms with Crippen molar-refractivity contribution >= 4 is 23.2 Å². The predicted octanol–water partition coefficient (Wildman–Crippen LogP) is 2.89. The molecule has 6 nitrogen and oxygen atoms in total. The van der Waals surface area contributed by atoms with E-state index in [1.54, 1.807) is 4.90 Å². The Hall–Kier alpha value is -1.66. The molecule has 1 heterocycles. The van der Waals surface area contributed by atoms with E-state index < -0.39 is 4.92 Å². The Morgan fingerprint density at radius 1 is 1.57 bits per heavy atom. The van der Waals surface area contributed by atoms with Crippen molar-refractivity contribution in [1.82, 2.24) is 4.90 Å². The first kappa shape index (κ1) is 15.7. The Kier molecular flexibility index (Phi) is 5.14. The molecule has 2 rings (SSSR count). The van der Waals surface area contributed by atoms with E-state index in [0.717, 1.165) is 19.4 Å². The fraction of sp³-hybridized carbons (Fsp3) is 0.500. The first-order chi connectivity index (χ1) is 10.0. The zero-order valence-electron chi connectivity index (χ0n) is 11.8. The van der Waals surface area contributed by atoms with Gasteiger partial charge in [0.2, 0.25) is 0 Å². The number of carbonyl (C=O) groups excluding carboxylic acids is 1. The highest BCUT2D eigenvalue weighted by atomic mass is 35.5. The Labute approximate surface area is 127 Å². The third kappa shape index (κ3) is 3.71. The summed E-state index contributed by atoms with van der Waals surface area (Å²) in [4.78, 5) is 24.3. The summed E-state index contributed by atoms with van der Waals surface area (Å²) in [6.07, 6.45) is 2.03. The van der Waals surface area contributed by atoms with Crippen molar-refractivity contribution in [3.63, 3.8) is 0 Å². The van der Waals surface area contributed by atoms with Crippen LogP contribution >= 0.6 is 11.6 Å². The van der Waals surface area contributed by atoms with Crippen LogP contribution < -0.4 is 0 Å². The van der Waals surface area contributed by atoms with Crippen molar-refractivity contribution in [2.24, 2.45) is 0 Å². The monoisotopic (exact) mass is 312 g/mol. The van der Waals surface area contributed by atoms with Crippen molar-refractivity contribution in [3.05, 3.63) is 38.9 Å². The van der Waals surface area contributed by atoms with E-state index in [-0.39, 0.29) is 22.7 Å². The molecule has 1 aliphatic heterocycles. The van der Waals surface area contributed by atoms with E-state index in [2.05, 4.69) is 0 Å². The van der Waals surface area contributed by atoms with Gasteiger partial charge in [0.1, 0.15) is 5.02 Å². The van der Waals surface area contributed by atoms with Crippen molar-refractivity contribution < 1.29 is 14.5 Å². The third-order valence-corrected chi connectivity index (χ3v) is 3.81. The van der Waals surface area contributed by atoms with Gasteiger partial charge in [0.05, 0.1) is 11.0 Å². The van der Waals surface area contributed by atoms with Crippen LogP contribution in [-0.2, 0) is 4.74 Å². The topological polar surface area (TPSA) is 72.7 Å². The molecule has 7 heteroatoms. The highest BCUT2D eigenvalue weighted by Gasteiger charge is 2.23. The molecule has 0 N–H and O–H groups in total. The lowest BCUT2D eigenvalue weighted by atomic mass is 10.1. The number of likely N-dealkylation sites (N-methyl/N-ethyl adjacent to an activating group) is 1. The Bertz CT molecular complexity index is 544. The minimum absolute atomic E-state index is 0.0287. The van der Waals surface area contributed by atoms with Crippen LogP contribution in [0.2, 0.25) is 5.02 Å². The summed E-state index contributed by atoms with van der Waals surface area (Å²) in [7, 11) is 0. The number of rotatable bonds is 5. The maximum absolute atomic E-state index is 12.4. The standard InChI is InChI=1S/C14H17ClN2O4/c1-2-16(9-11-4-3-7-21-11)14(18)10-5-6-13(17(19)20)12(15)8-10/h5-6,8,11H,2-4,7,9H2,1H3. The molecule has 1 atom stereocenters. The summed E-state index contributed by atoms with van der Waals surface area (Å²) in [6.45, 7) is 3.71. The van der Waals surface area contributed by atoms with Crippen LogP contribution in [0.5, 0.6) is 0 Å². The van der Waals surface area contributed by atoms with Gasteiger partial charge in [-0.25, -0.2) is 0 Å². The molecule has 0 aliphatic carbocycles. The summed E-state index contributed by atoms with van der Waals surface area (Å²) in [5.74, 6) is -0.190. The first-order valence-electron chi connectivity index (χ1n) is 6.87. The number of ether oxygens (including phenoxy) is 1. The predicted molar refractivity (Wildman–Crippen MR) is 78.7 cm³/mol. The Morgan fingerprint density at radius 2 is 2.33 bits per heavy atom. The van der Waals surface area contributed by atoms with Gasteiger partial charge in [0.25, 0.3) is 11.6 Å². The van der Waals surface area contributed by atoms with E-state index in [0.29, 0.717) is 18.7 Å². The van der Waals surface area contributed by atoms with Crippen LogP contribution in [0, 0.1) is 10.1 Å². The molecular formula is C14H17ClN2O4. The van der Waals surface area contributed by atoms with Gasteiger partial charge in [-0.2, -0.15) is 0 Å². The average Bonchev–Trinajstić information content (AvgIpc) is 2.96. The molecular weight excluding hydrogens is 296 g/mol. The minimum Gasteiger partial charge on any atom is -0.376 e. The number of nitrogens with zero attached hydrogens (tertiary/aromatic N) is 2. The van der Waals surface area contributed by atoms with Gasteiger partial charge in [-0.15, -0.1) is 0 Å². The summed E-state index contributed by atoms with van der Waals surface area (Å²) in [5.41, 5.74) is 0.154. The third-order valence-electron chi connectivity index (χ3n) is 3.51. The highest BCUT2D eigenvalue weighted by molar-refractivity contribution is 6.33. The lowest BCUT2D eigenvalue weighted by Crippen LogP contribution is -2.37. The number of nitro benzene ring substituents is 1. The molecule has 114 valence electrons. The number of amides is 1. The summed E-state index contributed by atoms with van der Waals surface area (Å²) in [5, 5.41) is 10.7. The largest absolute Gasteiger partial charge is 0.376 e. The fourth-order valence-electron chi connectivity index (χ4n) is 2.36. The van der Waals surface area contributed by atoms with Gasteiger partial charge in [0.15, 0.2) is 0 Å². The fourth-order valence-corrected chi connectivity index (χ4v) is 2.61. The smallest absolute Gasteiger partial charge is 0.287 e. The Morgan fingerprint density at radius 3 is 2.86 bits per heavy atom. The van der Waals surface area contributed by atoms with Crippen molar-refractivity contribution in [2.75, 3.05) is 19.7 Å². The second kappa shape index (κ2) is 6.87. The van der Waals surface area contributed by atoms with Crippen molar-refractivity contribution in [2.45, 2.75) is 25.9 Å². The zero-order chi connectivity index (χ0) is 15.4. The van der Waals surface area contributed by atoms with Crippen LogP contribution in [-0.4, -0.2) is 41.5 Å². The zero-order valence-corrected chi connectivity index (χ0v) is 12.5. The minimum atomic E-state index is -0.569. The van der Waals surface area contributed by atoms with Crippen LogP contribution in [0.25, 0.3) is 0 Å². The van der Waals surface area contributed by atoms with Gasteiger partial charge in [0, 0.05) is 31.3 Å². The molecule has 1 aromatic rings. The van der Waals surface area contributed by atoms with Gasteiger partial charge >= 0.3 is 0 Å². The Balaban J connectivity index is 2.13. The van der Waals surface area contributed by atoms with Crippen LogP contribution in [0.1, 0.15) is 30.1 Å². The quantitative estimate of drug-likeness (QED) is 0.619.